The molecule has 0 N–H and O–H groups in total. The Morgan fingerprint density at radius 3 is 1.14 bits per heavy atom. The SMILES string of the molecule is CCCCCCCCCCCCCCCCCC(Cl)C(Cl)Cl. The molecule has 0 amide bonds. The minimum Gasteiger partial charge on any atom is -0.120 e. The Kier molecular flexibility index (Phi) is 18.9. The lowest BCUT2D eigenvalue weighted by molar-refractivity contribution is 0.529. The summed E-state index contributed by atoms with van der Waals surface area (Å²) in [5.41, 5.74) is 0. The highest BCUT2D eigenvalue weighted by Crippen LogP contribution is 2.20. The molecular formula is C19H37Cl3. The molecule has 0 aliphatic rings. The molecule has 0 nitrogen and oxygen atoms in total. The molecule has 0 saturated heterocycles. The second-order valence-electron chi connectivity index (χ2n) is 6.59. The molecule has 1 unspecified atom stereocenters. The highest BCUT2D eigenvalue weighted by atomic mass is 35.5. The molecule has 0 radical (unpaired) electrons. The smallest absolute Gasteiger partial charge is 0.120 e. The molecule has 0 rings (SSSR count). The Labute approximate surface area is 154 Å². The van der Waals surface area contributed by atoms with E-state index in [-0.39, 0.29) is 5.38 Å². The zero-order valence-corrected chi connectivity index (χ0v) is 16.9. The number of hydrogen-bond acceptors (Lipinski definition) is 0. The van der Waals surface area contributed by atoms with Gasteiger partial charge in [0.2, 0.25) is 0 Å². The molecule has 0 saturated carbocycles. The summed E-state index contributed by atoms with van der Waals surface area (Å²) in [5, 5.41) is -0.0784. The Bertz CT molecular complexity index is 207. The van der Waals surface area contributed by atoms with Crippen molar-refractivity contribution in [3.8, 4) is 0 Å². The van der Waals surface area contributed by atoms with Gasteiger partial charge in [0, 0.05) is 0 Å². The van der Waals surface area contributed by atoms with Gasteiger partial charge in [0.25, 0.3) is 0 Å². The number of hydrogen-bond donors (Lipinski definition) is 0. The second-order valence-corrected chi connectivity index (χ2v) is 8.31. The molecule has 3 heteroatoms. The van der Waals surface area contributed by atoms with Gasteiger partial charge in [-0.3, -0.25) is 0 Å². The highest BCUT2D eigenvalue weighted by molar-refractivity contribution is 6.48. The van der Waals surface area contributed by atoms with E-state index in [1.807, 2.05) is 0 Å². The third-order valence-corrected chi connectivity index (χ3v) is 5.69. The molecule has 134 valence electrons. The van der Waals surface area contributed by atoms with Gasteiger partial charge in [0.15, 0.2) is 0 Å². The third-order valence-electron chi connectivity index (χ3n) is 4.36. The summed E-state index contributed by atoms with van der Waals surface area (Å²) in [4.78, 5) is -0.423. The Morgan fingerprint density at radius 2 is 0.818 bits per heavy atom. The fourth-order valence-electron chi connectivity index (χ4n) is 2.84. The maximum absolute atomic E-state index is 6.01. The topological polar surface area (TPSA) is 0 Å². The van der Waals surface area contributed by atoms with E-state index in [2.05, 4.69) is 6.92 Å². The van der Waals surface area contributed by atoms with Crippen molar-refractivity contribution >= 4 is 34.8 Å². The molecule has 0 spiro atoms. The van der Waals surface area contributed by atoms with Crippen molar-refractivity contribution in [1.29, 1.82) is 0 Å². The van der Waals surface area contributed by atoms with Crippen LogP contribution in [0.5, 0.6) is 0 Å². The molecule has 1 atom stereocenters. The predicted molar refractivity (Wildman–Crippen MR) is 105 cm³/mol. The fraction of sp³-hybridized carbons (Fsp3) is 1.00. The van der Waals surface area contributed by atoms with Gasteiger partial charge < -0.3 is 0 Å². The van der Waals surface area contributed by atoms with E-state index in [9.17, 15) is 0 Å². The van der Waals surface area contributed by atoms with Crippen LogP contribution in [-0.4, -0.2) is 10.2 Å². The average Bonchev–Trinajstić information content (AvgIpc) is 2.50. The van der Waals surface area contributed by atoms with Gasteiger partial charge in [-0.1, -0.05) is 103 Å². The molecule has 0 aromatic heterocycles. The second kappa shape index (κ2) is 18.2. The molecule has 0 fully saturated rings. The molecule has 0 aliphatic carbocycles. The van der Waals surface area contributed by atoms with Crippen LogP contribution in [0.15, 0.2) is 0 Å². The summed E-state index contributed by atoms with van der Waals surface area (Å²) >= 11 is 17.5. The van der Waals surface area contributed by atoms with Gasteiger partial charge in [-0.2, -0.15) is 0 Å². The first kappa shape index (κ1) is 22.9. The van der Waals surface area contributed by atoms with Crippen molar-refractivity contribution in [3.05, 3.63) is 0 Å². The van der Waals surface area contributed by atoms with E-state index in [0.29, 0.717) is 0 Å². The van der Waals surface area contributed by atoms with Gasteiger partial charge in [-0.05, 0) is 6.42 Å². The lowest BCUT2D eigenvalue weighted by Crippen LogP contribution is -2.07. The molecule has 0 aliphatic heterocycles. The monoisotopic (exact) mass is 370 g/mol. The normalized spacial score (nSPS) is 13.0. The van der Waals surface area contributed by atoms with E-state index < -0.39 is 4.84 Å². The Hall–Kier alpha value is 0.870. The van der Waals surface area contributed by atoms with Crippen LogP contribution in [0.1, 0.15) is 110 Å². The first-order chi connectivity index (χ1) is 10.7. The van der Waals surface area contributed by atoms with Gasteiger partial charge in [-0.15, -0.1) is 34.8 Å². The largest absolute Gasteiger partial charge is 0.124 e. The molecule has 0 bridgehead atoms. The quantitative estimate of drug-likeness (QED) is 0.177. The van der Waals surface area contributed by atoms with Crippen LogP contribution in [0.25, 0.3) is 0 Å². The van der Waals surface area contributed by atoms with E-state index in [1.165, 1.54) is 89.9 Å². The van der Waals surface area contributed by atoms with Crippen LogP contribution in [0, 0.1) is 0 Å². The first-order valence-corrected chi connectivity index (χ1v) is 10.9. The van der Waals surface area contributed by atoms with Gasteiger partial charge in [0.05, 0.1) is 5.38 Å². The van der Waals surface area contributed by atoms with E-state index in [0.717, 1.165) is 12.8 Å². The van der Waals surface area contributed by atoms with Crippen molar-refractivity contribution in [2.45, 2.75) is 120 Å². The van der Waals surface area contributed by atoms with Crippen molar-refractivity contribution in [2.75, 3.05) is 0 Å². The Balaban J connectivity index is 3.03. The lowest BCUT2D eigenvalue weighted by Gasteiger charge is -2.09. The number of unbranched alkanes of at least 4 members (excludes halogenated alkanes) is 14. The minimum atomic E-state index is -0.423. The van der Waals surface area contributed by atoms with Crippen molar-refractivity contribution in [1.82, 2.24) is 0 Å². The summed E-state index contributed by atoms with van der Waals surface area (Å²) in [7, 11) is 0. The molecule has 22 heavy (non-hydrogen) atoms. The van der Waals surface area contributed by atoms with Crippen LogP contribution in [0.3, 0.4) is 0 Å². The van der Waals surface area contributed by atoms with Gasteiger partial charge in [0.1, 0.15) is 4.84 Å². The first-order valence-electron chi connectivity index (χ1n) is 9.60. The van der Waals surface area contributed by atoms with Crippen molar-refractivity contribution < 1.29 is 0 Å². The molecule has 0 aromatic carbocycles. The van der Waals surface area contributed by atoms with Crippen LogP contribution < -0.4 is 0 Å². The minimum absolute atomic E-state index is 0.0784. The zero-order valence-electron chi connectivity index (χ0n) is 14.6. The zero-order chi connectivity index (χ0) is 16.5. The predicted octanol–water partition coefficient (Wildman–Crippen LogP) is 8.66. The third kappa shape index (κ3) is 17.2. The van der Waals surface area contributed by atoms with Crippen molar-refractivity contribution in [2.24, 2.45) is 0 Å². The summed E-state index contributed by atoms with van der Waals surface area (Å²) in [6.45, 7) is 2.28. The van der Waals surface area contributed by atoms with E-state index in [4.69, 9.17) is 34.8 Å². The highest BCUT2D eigenvalue weighted by Gasteiger charge is 2.12. The molecule has 0 aromatic rings. The standard InChI is InChI=1S/C19H37Cl3/c1-2-3-4-5-6-7-8-9-10-11-12-13-14-15-16-17-18(20)19(21)22/h18-19H,2-17H2,1H3. The van der Waals surface area contributed by atoms with Gasteiger partial charge >= 0.3 is 0 Å². The van der Waals surface area contributed by atoms with Crippen LogP contribution in [0.4, 0.5) is 0 Å². The average molecular weight is 372 g/mol. The fourth-order valence-corrected chi connectivity index (χ4v) is 3.24. The lowest BCUT2D eigenvalue weighted by atomic mass is 10.0. The van der Waals surface area contributed by atoms with Gasteiger partial charge in [-0.25, -0.2) is 0 Å². The number of alkyl halides is 3. The van der Waals surface area contributed by atoms with Crippen molar-refractivity contribution in [3.63, 3.8) is 0 Å². The number of halogens is 3. The summed E-state index contributed by atoms with van der Waals surface area (Å²) < 4.78 is 0. The summed E-state index contributed by atoms with van der Waals surface area (Å²) in [6.07, 6.45) is 21.8. The molecular weight excluding hydrogens is 335 g/mol. The van der Waals surface area contributed by atoms with Crippen LogP contribution in [0.2, 0.25) is 0 Å². The maximum atomic E-state index is 6.01. The summed E-state index contributed by atoms with van der Waals surface area (Å²) in [5.74, 6) is 0. The van der Waals surface area contributed by atoms with Crippen LogP contribution >= 0.6 is 34.8 Å². The van der Waals surface area contributed by atoms with E-state index in [1.54, 1.807) is 0 Å². The van der Waals surface area contributed by atoms with Crippen LogP contribution in [-0.2, 0) is 0 Å². The number of rotatable bonds is 17. The Morgan fingerprint density at radius 1 is 0.500 bits per heavy atom. The summed E-state index contributed by atoms with van der Waals surface area (Å²) in [6, 6.07) is 0. The molecule has 0 heterocycles. The maximum Gasteiger partial charge on any atom is 0.124 e. The van der Waals surface area contributed by atoms with E-state index >= 15 is 0 Å².